The fourth-order valence-electron chi connectivity index (χ4n) is 2.35. The van der Waals surface area contributed by atoms with Crippen molar-refractivity contribution in [1.29, 1.82) is 0 Å². The summed E-state index contributed by atoms with van der Waals surface area (Å²) in [4.78, 5) is 20.9. The molecule has 0 saturated heterocycles. The number of nitrogens with two attached hydrogens (primary N) is 2. The van der Waals surface area contributed by atoms with Gasteiger partial charge in [0.1, 0.15) is 0 Å². The molecule has 0 radical (unpaired) electrons. The van der Waals surface area contributed by atoms with E-state index in [1.807, 2.05) is 0 Å². The van der Waals surface area contributed by atoms with Gasteiger partial charge < -0.3 is 21.4 Å². The van der Waals surface area contributed by atoms with E-state index in [0.29, 0.717) is 18.2 Å². The lowest BCUT2D eigenvalue weighted by atomic mass is 9.82. The van der Waals surface area contributed by atoms with Crippen molar-refractivity contribution in [3.8, 4) is 0 Å². The number of rotatable bonds is 4. The molecule has 1 aliphatic rings. The molecule has 2 rings (SSSR count). The van der Waals surface area contributed by atoms with Crippen LogP contribution >= 0.6 is 0 Å². The molecule has 0 heterocycles. The Kier molecular flexibility index (Phi) is 7.34. The topological polar surface area (TPSA) is 139 Å². The molecular formula is C15H23N3O4. The van der Waals surface area contributed by atoms with Gasteiger partial charge in [0.2, 0.25) is 0 Å². The molecule has 1 aromatic carbocycles. The number of aromatic carboxylic acids is 1. The van der Waals surface area contributed by atoms with Crippen molar-refractivity contribution in [3.63, 3.8) is 0 Å². The third-order valence-electron chi connectivity index (χ3n) is 3.83. The number of hydrogen-bond donors (Lipinski definition) is 5. The third-order valence-corrected chi connectivity index (χ3v) is 3.83. The van der Waals surface area contributed by atoms with Gasteiger partial charge in [0, 0.05) is 5.69 Å². The second kappa shape index (κ2) is 9.01. The van der Waals surface area contributed by atoms with Crippen molar-refractivity contribution in [2.24, 2.45) is 23.4 Å². The standard InChI is InChI=1S/C8H15NO2.C7H8N2O2/c9-5-6-1-3-7(4-2-6)8(10)11;8-9-6-3-1-5(2-4-6)7(10)11/h6-7H,1-5,9H2,(H,10,11);1-4,9H,8H2,(H,10,11). The van der Waals surface area contributed by atoms with Crippen LogP contribution in [0.5, 0.6) is 0 Å². The van der Waals surface area contributed by atoms with Crippen LogP contribution in [0, 0.1) is 11.8 Å². The Bertz CT molecular complexity index is 482. The molecule has 0 amide bonds. The van der Waals surface area contributed by atoms with Crippen LogP contribution in [0.25, 0.3) is 0 Å². The number of carbonyl (C=O) groups is 2. The molecule has 0 aromatic heterocycles. The minimum atomic E-state index is -0.937. The molecule has 7 nitrogen and oxygen atoms in total. The smallest absolute Gasteiger partial charge is 0.335 e. The van der Waals surface area contributed by atoms with E-state index < -0.39 is 11.9 Å². The van der Waals surface area contributed by atoms with Gasteiger partial charge in [-0.25, -0.2) is 4.79 Å². The molecule has 22 heavy (non-hydrogen) atoms. The van der Waals surface area contributed by atoms with Crippen LogP contribution in [-0.2, 0) is 4.79 Å². The van der Waals surface area contributed by atoms with E-state index >= 15 is 0 Å². The Hall–Kier alpha value is -2.12. The second-order valence-electron chi connectivity index (χ2n) is 5.32. The number of aliphatic carboxylic acids is 1. The molecule has 0 aliphatic heterocycles. The van der Waals surface area contributed by atoms with Crippen LogP contribution in [0.2, 0.25) is 0 Å². The predicted octanol–water partition coefficient (Wildman–Crippen LogP) is 1.51. The van der Waals surface area contributed by atoms with E-state index in [4.69, 9.17) is 21.8 Å². The van der Waals surface area contributed by atoms with Crippen molar-refractivity contribution in [2.45, 2.75) is 25.7 Å². The van der Waals surface area contributed by atoms with Gasteiger partial charge in [0.15, 0.2) is 0 Å². The first-order valence-electron chi connectivity index (χ1n) is 7.20. The van der Waals surface area contributed by atoms with Gasteiger partial charge in [-0.05, 0) is 62.4 Å². The maximum Gasteiger partial charge on any atom is 0.335 e. The van der Waals surface area contributed by atoms with Crippen LogP contribution < -0.4 is 17.0 Å². The SMILES string of the molecule is NCC1CCC(C(=O)O)CC1.NNc1ccc(C(=O)O)cc1. The van der Waals surface area contributed by atoms with Gasteiger partial charge in [-0.1, -0.05) is 0 Å². The summed E-state index contributed by atoms with van der Waals surface area (Å²) in [6.07, 6.45) is 3.62. The third kappa shape index (κ3) is 5.71. The molecule has 7 N–H and O–H groups in total. The number of benzene rings is 1. The lowest BCUT2D eigenvalue weighted by molar-refractivity contribution is -0.143. The summed E-state index contributed by atoms with van der Waals surface area (Å²) in [6, 6.07) is 6.17. The molecule has 0 unspecified atom stereocenters. The van der Waals surface area contributed by atoms with Gasteiger partial charge in [-0.3, -0.25) is 10.6 Å². The van der Waals surface area contributed by atoms with Crippen molar-refractivity contribution >= 4 is 17.6 Å². The van der Waals surface area contributed by atoms with Crippen LogP contribution in [-0.4, -0.2) is 28.7 Å². The molecule has 7 heteroatoms. The Balaban J connectivity index is 0.000000220. The van der Waals surface area contributed by atoms with Crippen LogP contribution in [0.4, 0.5) is 5.69 Å². The summed E-state index contributed by atoms with van der Waals surface area (Å²) in [6.45, 7) is 0.715. The monoisotopic (exact) mass is 309 g/mol. The zero-order chi connectivity index (χ0) is 16.5. The predicted molar refractivity (Wildman–Crippen MR) is 83.3 cm³/mol. The summed E-state index contributed by atoms with van der Waals surface area (Å²) >= 11 is 0. The number of hydrogen-bond acceptors (Lipinski definition) is 5. The van der Waals surface area contributed by atoms with E-state index in [-0.39, 0.29) is 11.5 Å². The van der Waals surface area contributed by atoms with E-state index in [2.05, 4.69) is 5.43 Å². The summed E-state index contributed by atoms with van der Waals surface area (Å²) in [5, 5.41) is 17.2. The Morgan fingerprint density at radius 3 is 2.00 bits per heavy atom. The van der Waals surface area contributed by atoms with Gasteiger partial charge >= 0.3 is 11.9 Å². The fraction of sp³-hybridized carbons (Fsp3) is 0.467. The van der Waals surface area contributed by atoms with E-state index in [9.17, 15) is 9.59 Å². The van der Waals surface area contributed by atoms with E-state index in [0.717, 1.165) is 25.7 Å². The minimum absolute atomic E-state index is 0.0993. The molecule has 0 spiro atoms. The average Bonchev–Trinajstić information content (AvgIpc) is 2.55. The largest absolute Gasteiger partial charge is 0.481 e. The van der Waals surface area contributed by atoms with Crippen molar-refractivity contribution in [3.05, 3.63) is 29.8 Å². The maximum atomic E-state index is 10.5. The van der Waals surface area contributed by atoms with Gasteiger partial charge in [0.25, 0.3) is 0 Å². The van der Waals surface area contributed by atoms with Crippen LogP contribution in [0.3, 0.4) is 0 Å². The lowest BCUT2D eigenvalue weighted by Crippen LogP contribution is -2.25. The normalized spacial score (nSPS) is 20.5. The van der Waals surface area contributed by atoms with Gasteiger partial charge in [0.05, 0.1) is 11.5 Å². The molecule has 0 atom stereocenters. The number of nitrogens with one attached hydrogen (secondary N) is 1. The zero-order valence-corrected chi connectivity index (χ0v) is 12.4. The molecule has 1 saturated carbocycles. The first kappa shape index (κ1) is 17.9. The highest BCUT2D eigenvalue weighted by atomic mass is 16.4. The van der Waals surface area contributed by atoms with E-state index in [1.165, 1.54) is 12.1 Å². The Labute approximate surface area is 129 Å². The number of anilines is 1. The molecular weight excluding hydrogens is 286 g/mol. The molecule has 1 aromatic rings. The first-order valence-corrected chi connectivity index (χ1v) is 7.20. The number of hydrazine groups is 1. The summed E-state index contributed by atoms with van der Waals surface area (Å²) in [5.41, 5.74) is 8.82. The minimum Gasteiger partial charge on any atom is -0.481 e. The Morgan fingerprint density at radius 1 is 1.09 bits per heavy atom. The number of nitrogen functional groups attached to an aromatic ring is 1. The lowest BCUT2D eigenvalue weighted by Gasteiger charge is -2.24. The first-order chi connectivity index (χ1) is 10.5. The average molecular weight is 309 g/mol. The summed E-state index contributed by atoms with van der Waals surface area (Å²) < 4.78 is 0. The molecule has 122 valence electrons. The van der Waals surface area contributed by atoms with Crippen molar-refractivity contribution in [2.75, 3.05) is 12.0 Å². The highest BCUT2D eigenvalue weighted by molar-refractivity contribution is 5.87. The van der Waals surface area contributed by atoms with Gasteiger partial charge in [-0.15, -0.1) is 0 Å². The second-order valence-corrected chi connectivity index (χ2v) is 5.32. The number of carboxylic acids is 2. The zero-order valence-electron chi connectivity index (χ0n) is 12.4. The molecule has 1 fully saturated rings. The molecule has 1 aliphatic carbocycles. The van der Waals surface area contributed by atoms with E-state index in [1.54, 1.807) is 12.1 Å². The van der Waals surface area contributed by atoms with Crippen LogP contribution in [0.1, 0.15) is 36.0 Å². The highest BCUT2D eigenvalue weighted by Gasteiger charge is 2.24. The molecule has 0 bridgehead atoms. The van der Waals surface area contributed by atoms with Crippen molar-refractivity contribution in [1.82, 2.24) is 0 Å². The maximum absolute atomic E-state index is 10.5. The summed E-state index contributed by atoms with van der Waals surface area (Å²) in [5.74, 6) is 3.98. The van der Waals surface area contributed by atoms with Crippen LogP contribution in [0.15, 0.2) is 24.3 Å². The quantitative estimate of drug-likeness (QED) is 0.419. The van der Waals surface area contributed by atoms with Crippen molar-refractivity contribution < 1.29 is 19.8 Å². The number of carboxylic acid groups (broad SMARTS) is 2. The highest BCUT2D eigenvalue weighted by Crippen LogP contribution is 2.27. The fourth-order valence-corrected chi connectivity index (χ4v) is 2.35. The Morgan fingerprint density at radius 2 is 1.64 bits per heavy atom. The van der Waals surface area contributed by atoms with Gasteiger partial charge in [-0.2, -0.15) is 0 Å². The summed E-state index contributed by atoms with van der Waals surface area (Å²) in [7, 11) is 0.